The van der Waals surface area contributed by atoms with Crippen LogP contribution in [0.15, 0.2) is 18.2 Å². The lowest BCUT2D eigenvalue weighted by atomic mass is 9.87. The Morgan fingerprint density at radius 2 is 2.17 bits per heavy atom. The summed E-state index contributed by atoms with van der Waals surface area (Å²) in [5, 5.41) is 3.40. The minimum absolute atomic E-state index is 0.0126. The third kappa shape index (κ3) is 2.76. The maximum Gasteiger partial charge on any atom is 0.127 e. The van der Waals surface area contributed by atoms with Crippen LogP contribution in [0.2, 0.25) is 0 Å². The van der Waals surface area contributed by atoms with Gasteiger partial charge < -0.3 is 20.5 Å². The van der Waals surface area contributed by atoms with Gasteiger partial charge in [-0.15, -0.1) is 0 Å². The average molecular weight is 250 g/mol. The summed E-state index contributed by atoms with van der Waals surface area (Å²) in [6.45, 7) is 2.08. The standard InChI is InChI=1S/C14H22N2O2/c1-17-11-5-6-12(13(8-11)18-2)14(15)10-4-3-7-16-9-10/h5-6,8,10,14,16H,3-4,7,9,15H2,1-2H3. The summed E-state index contributed by atoms with van der Waals surface area (Å²) in [6, 6.07) is 5.86. The third-order valence-corrected chi connectivity index (χ3v) is 3.64. The molecule has 1 aliphatic rings. The lowest BCUT2D eigenvalue weighted by molar-refractivity contribution is 0.316. The highest BCUT2D eigenvalue weighted by atomic mass is 16.5. The Bertz CT molecular complexity index is 389. The first-order chi connectivity index (χ1) is 8.76. The second kappa shape index (κ2) is 6.07. The van der Waals surface area contributed by atoms with E-state index in [0.29, 0.717) is 5.92 Å². The van der Waals surface area contributed by atoms with E-state index in [1.807, 2.05) is 18.2 Å². The number of hydrogen-bond acceptors (Lipinski definition) is 4. The van der Waals surface area contributed by atoms with Crippen molar-refractivity contribution in [2.45, 2.75) is 18.9 Å². The van der Waals surface area contributed by atoms with Crippen LogP contribution in [0.5, 0.6) is 11.5 Å². The zero-order chi connectivity index (χ0) is 13.0. The number of methoxy groups -OCH3 is 2. The fraction of sp³-hybridized carbons (Fsp3) is 0.571. The van der Waals surface area contributed by atoms with Crippen molar-refractivity contribution in [3.05, 3.63) is 23.8 Å². The summed E-state index contributed by atoms with van der Waals surface area (Å²) < 4.78 is 10.6. The van der Waals surface area contributed by atoms with Gasteiger partial charge in [0.2, 0.25) is 0 Å². The van der Waals surface area contributed by atoms with Crippen LogP contribution in [0.25, 0.3) is 0 Å². The zero-order valence-corrected chi connectivity index (χ0v) is 11.1. The van der Waals surface area contributed by atoms with Crippen molar-refractivity contribution in [1.82, 2.24) is 5.32 Å². The van der Waals surface area contributed by atoms with Crippen LogP contribution in [0.3, 0.4) is 0 Å². The summed E-state index contributed by atoms with van der Waals surface area (Å²) in [4.78, 5) is 0. The lowest BCUT2D eigenvalue weighted by Gasteiger charge is -2.29. The molecule has 0 radical (unpaired) electrons. The predicted molar refractivity (Wildman–Crippen MR) is 72.1 cm³/mol. The van der Waals surface area contributed by atoms with Crippen LogP contribution in [0, 0.1) is 5.92 Å². The Balaban J connectivity index is 2.20. The molecular weight excluding hydrogens is 228 g/mol. The zero-order valence-electron chi connectivity index (χ0n) is 11.1. The summed E-state index contributed by atoms with van der Waals surface area (Å²) >= 11 is 0. The van der Waals surface area contributed by atoms with Crippen molar-refractivity contribution in [3.8, 4) is 11.5 Å². The lowest BCUT2D eigenvalue weighted by Crippen LogP contribution is -2.36. The maximum absolute atomic E-state index is 6.38. The van der Waals surface area contributed by atoms with E-state index in [1.54, 1.807) is 14.2 Å². The summed E-state index contributed by atoms with van der Waals surface area (Å²) in [7, 11) is 3.32. The summed E-state index contributed by atoms with van der Waals surface area (Å²) in [5.41, 5.74) is 7.44. The Labute approximate surface area is 108 Å². The minimum atomic E-state index is 0.0126. The fourth-order valence-corrected chi connectivity index (χ4v) is 2.53. The van der Waals surface area contributed by atoms with Gasteiger partial charge in [0.05, 0.1) is 14.2 Å². The van der Waals surface area contributed by atoms with Gasteiger partial charge >= 0.3 is 0 Å². The molecule has 0 bridgehead atoms. The molecule has 2 rings (SSSR count). The summed E-state index contributed by atoms with van der Waals surface area (Å²) in [5.74, 6) is 2.08. The Morgan fingerprint density at radius 1 is 1.33 bits per heavy atom. The first-order valence-corrected chi connectivity index (χ1v) is 6.44. The molecule has 4 heteroatoms. The number of rotatable bonds is 4. The minimum Gasteiger partial charge on any atom is -0.497 e. The van der Waals surface area contributed by atoms with Crippen LogP contribution in [-0.2, 0) is 0 Å². The molecule has 1 aromatic rings. The Hall–Kier alpha value is -1.26. The van der Waals surface area contributed by atoms with Gasteiger partial charge in [-0.2, -0.15) is 0 Å². The molecule has 1 fully saturated rings. The van der Waals surface area contributed by atoms with Crippen LogP contribution in [-0.4, -0.2) is 27.3 Å². The highest BCUT2D eigenvalue weighted by molar-refractivity contribution is 5.42. The molecule has 0 aliphatic carbocycles. The van der Waals surface area contributed by atoms with Crippen molar-refractivity contribution >= 4 is 0 Å². The van der Waals surface area contributed by atoms with Crippen molar-refractivity contribution in [1.29, 1.82) is 0 Å². The molecule has 0 saturated carbocycles. The molecule has 0 aromatic heterocycles. The van der Waals surface area contributed by atoms with E-state index in [0.717, 1.165) is 30.2 Å². The van der Waals surface area contributed by atoms with Gasteiger partial charge in [0.25, 0.3) is 0 Å². The van der Waals surface area contributed by atoms with Gasteiger partial charge in [0, 0.05) is 17.7 Å². The number of nitrogens with two attached hydrogens (primary N) is 1. The second-order valence-corrected chi connectivity index (χ2v) is 4.74. The number of benzene rings is 1. The SMILES string of the molecule is COc1ccc(C(N)C2CCCNC2)c(OC)c1. The van der Waals surface area contributed by atoms with E-state index in [1.165, 1.54) is 12.8 Å². The molecule has 4 nitrogen and oxygen atoms in total. The van der Waals surface area contributed by atoms with E-state index in [-0.39, 0.29) is 6.04 Å². The average Bonchev–Trinajstić information content (AvgIpc) is 2.46. The molecule has 100 valence electrons. The van der Waals surface area contributed by atoms with E-state index in [2.05, 4.69) is 5.32 Å². The smallest absolute Gasteiger partial charge is 0.127 e. The van der Waals surface area contributed by atoms with Gasteiger partial charge in [-0.05, 0) is 37.9 Å². The van der Waals surface area contributed by atoms with Gasteiger partial charge in [-0.1, -0.05) is 6.07 Å². The second-order valence-electron chi connectivity index (χ2n) is 4.74. The molecule has 1 saturated heterocycles. The number of nitrogens with one attached hydrogen (secondary N) is 1. The van der Waals surface area contributed by atoms with Gasteiger partial charge in [0.15, 0.2) is 0 Å². The Kier molecular flexibility index (Phi) is 4.44. The maximum atomic E-state index is 6.38. The normalized spacial score (nSPS) is 21.4. The fourth-order valence-electron chi connectivity index (χ4n) is 2.53. The quantitative estimate of drug-likeness (QED) is 0.854. The molecule has 3 N–H and O–H groups in total. The van der Waals surface area contributed by atoms with Crippen LogP contribution in [0.1, 0.15) is 24.4 Å². The van der Waals surface area contributed by atoms with Gasteiger partial charge in [0.1, 0.15) is 11.5 Å². The molecule has 1 aliphatic heterocycles. The number of piperidine rings is 1. The highest BCUT2D eigenvalue weighted by Gasteiger charge is 2.24. The van der Waals surface area contributed by atoms with Gasteiger partial charge in [-0.25, -0.2) is 0 Å². The molecule has 2 atom stereocenters. The van der Waals surface area contributed by atoms with E-state index in [9.17, 15) is 0 Å². The topological polar surface area (TPSA) is 56.5 Å². The predicted octanol–water partition coefficient (Wildman–Crippen LogP) is 1.70. The van der Waals surface area contributed by atoms with Gasteiger partial charge in [-0.3, -0.25) is 0 Å². The van der Waals surface area contributed by atoms with Crippen molar-refractivity contribution in [3.63, 3.8) is 0 Å². The molecule has 0 spiro atoms. The van der Waals surface area contributed by atoms with E-state index in [4.69, 9.17) is 15.2 Å². The molecular formula is C14H22N2O2. The van der Waals surface area contributed by atoms with Crippen molar-refractivity contribution in [2.24, 2.45) is 11.7 Å². The molecule has 0 amide bonds. The molecule has 18 heavy (non-hydrogen) atoms. The van der Waals surface area contributed by atoms with E-state index < -0.39 is 0 Å². The van der Waals surface area contributed by atoms with Crippen LogP contribution >= 0.6 is 0 Å². The third-order valence-electron chi connectivity index (χ3n) is 3.64. The first kappa shape index (κ1) is 13.2. The monoisotopic (exact) mass is 250 g/mol. The Morgan fingerprint density at radius 3 is 2.78 bits per heavy atom. The van der Waals surface area contributed by atoms with Crippen molar-refractivity contribution < 1.29 is 9.47 Å². The highest BCUT2D eigenvalue weighted by Crippen LogP contribution is 2.33. The van der Waals surface area contributed by atoms with Crippen LogP contribution < -0.4 is 20.5 Å². The largest absolute Gasteiger partial charge is 0.497 e. The van der Waals surface area contributed by atoms with Crippen LogP contribution in [0.4, 0.5) is 0 Å². The number of hydrogen-bond donors (Lipinski definition) is 2. The van der Waals surface area contributed by atoms with Crippen molar-refractivity contribution in [2.75, 3.05) is 27.3 Å². The summed E-state index contributed by atoms with van der Waals surface area (Å²) in [6.07, 6.45) is 2.36. The van der Waals surface area contributed by atoms with E-state index >= 15 is 0 Å². The first-order valence-electron chi connectivity index (χ1n) is 6.44. The molecule has 1 aromatic carbocycles. The number of ether oxygens (including phenoxy) is 2. The molecule has 1 heterocycles. The molecule has 2 unspecified atom stereocenters.